The highest BCUT2D eigenvalue weighted by atomic mass is 32.1. The van der Waals surface area contributed by atoms with Crippen molar-refractivity contribution in [2.45, 2.75) is 18.6 Å². The summed E-state index contributed by atoms with van der Waals surface area (Å²) in [6.07, 6.45) is 2.37. The van der Waals surface area contributed by atoms with Gasteiger partial charge >= 0.3 is 0 Å². The van der Waals surface area contributed by atoms with Gasteiger partial charge in [0, 0.05) is 19.6 Å². The Balaban J connectivity index is 1.90. The summed E-state index contributed by atoms with van der Waals surface area (Å²) in [5.41, 5.74) is -0.905. The molecule has 14 heavy (non-hydrogen) atoms. The minimum Gasteiger partial charge on any atom is -0.393 e. The Hall–Kier alpha value is -0.560. The second-order valence-electron chi connectivity index (χ2n) is 3.73. The van der Waals surface area contributed by atoms with Crippen LogP contribution in [0.4, 0.5) is 0 Å². The van der Waals surface area contributed by atoms with Gasteiger partial charge < -0.3 is 10.2 Å². The molecule has 0 aliphatic carbocycles. The van der Waals surface area contributed by atoms with E-state index in [0.717, 1.165) is 18.0 Å². The molecule has 1 aromatic rings. The van der Waals surface area contributed by atoms with Crippen molar-refractivity contribution in [2.24, 2.45) is 0 Å². The van der Waals surface area contributed by atoms with Gasteiger partial charge in [-0.05, 0) is 18.0 Å². The van der Waals surface area contributed by atoms with Gasteiger partial charge in [-0.1, -0.05) is 4.49 Å². The molecule has 1 fully saturated rings. The van der Waals surface area contributed by atoms with E-state index in [4.69, 9.17) is 5.11 Å². The summed E-state index contributed by atoms with van der Waals surface area (Å²) in [7, 11) is 0. The number of hydrogen-bond acceptors (Lipinski definition) is 6. The van der Waals surface area contributed by atoms with Crippen molar-refractivity contribution in [3.63, 3.8) is 0 Å². The standard InChI is InChI=1S/C8H13N3O2S/c12-6-8(13)1-2-11(5-8)4-7-3-9-10-14-7/h3,12-13H,1-2,4-6H2. The van der Waals surface area contributed by atoms with Crippen molar-refractivity contribution in [2.75, 3.05) is 19.7 Å². The average Bonchev–Trinajstić information content (AvgIpc) is 2.78. The van der Waals surface area contributed by atoms with Crippen LogP contribution < -0.4 is 0 Å². The zero-order valence-corrected chi connectivity index (χ0v) is 8.57. The highest BCUT2D eigenvalue weighted by Crippen LogP contribution is 2.22. The molecule has 0 spiro atoms. The first-order valence-corrected chi connectivity index (χ1v) is 5.31. The molecule has 0 radical (unpaired) electrons. The molecule has 5 nitrogen and oxygen atoms in total. The number of nitrogens with zero attached hydrogens (tertiary/aromatic N) is 3. The van der Waals surface area contributed by atoms with Crippen molar-refractivity contribution in [3.05, 3.63) is 11.1 Å². The second kappa shape index (κ2) is 3.90. The fourth-order valence-electron chi connectivity index (χ4n) is 1.68. The first kappa shape index (κ1) is 9.97. The van der Waals surface area contributed by atoms with Gasteiger partial charge in [-0.2, -0.15) is 0 Å². The molecule has 2 heterocycles. The third-order valence-corrected chi connectivity index (χ3v) is 3.14. The van der Waals surface area contributed by atoms with Crippen LogP contribution in [0.15, 0.2) is 6.20 Å². The number of β-amino-alcohol motifs (C(OH)–C–C–N with tert-alkyl or cyclic N) is 1. The molecule has 78 valence electrons. The maximum absolute atomic E-state index is 9.78. The van der Waals surface area contributed by atoms with Crippen LogP contribution in [-0.2, 0) is 6.54 Å². The lowest BCUT2D eigenvalue weighted by Crippen LogP contribution is -2.36. The van der Waals surface area contributed by atoms with Crippen LogP contribution in [-0.4, -0.2) is 50.0 Å². The van der Waals surface area contributed by atoms with Crippen LogP contribution >= 0.6 is 11.5 Å². The smallest absolute Gasteiger partial charge is 0.102 e. The largest absolute Gasteiger partial charge is 0.393 e. The van der Waals surface area contributed by atoms with Gasteiger partial charge in [0.1, 0.15) is 5.60 Å². The van der Waals surface area contributed by atoms with E-state index in [0.29, 0.717) is 13.0 Å². The fourth-order valence-corrected chi connectivity index (χ4v) is 2.22. The van der Waals surface area contributed by atoms with Crippen molar-refractivity contribution >= 4 is 11.5 Å². The van der Waals surface area contributed by atoms with Crippen LogP contribution in [0.5, 0.6) is 0 Å². The number of aliphatic hydroxyl groups is 2. The highest BCUT2D eigenvalue weighted by Gasteiger charge is 2.35. The average molecular weight is 215 g/mol. The molecular weight excluding hydrogens is 202 g/mol. The minimum absolute atomic E-state index is 0.162. The lowest BCUT2D eigenvalue weighted by molar-refractivity contribution is -0.00574. The van der Waals surface area contributed by atoms with Gasteiger partial charge in [-0.15, -0.1) is 5.10 Å². The first-order valence-electron chi connectivity index (χ1n) is 4.54. The molecule has 2 rings (SSSR count). The number of rotatable bonds is 3. The molecule has 0 amide bonds. The van der Waals surface area contributed by atoms with Crippen LogP contribution in [0, 0.1) is 0 Å². The van der Waals surface area contributed by atoms with Crippen LogP contribution in [0.3, 0.4) is 0 Å². The number of likely N-dealkylation sites (tertiary alicyclic amines) is 1. The second-order valence-corrected chi connectivity index (χ2v) is 4.60. The Labute approximate surface area is 86.2 Å². The minimum atomic E-state index is -0.905. The van der Waals surface area contributed by atoms with Crippen molar-refractivity contribution in [3.8, 4) is 0 Å². The lowest BCUT2D eigenvalue weighted by atomic mass is 10.1. The van der Waals surface area contributed by atoms with Crippen molar-refractivity contribution < 1.29 is 10.2 Å². The molecule has 1 unspecified atom stereocenters. The van der Waals surface area contributed by atoms with Crippen molar-refractivity contribution in [1.29, 1.82) is 0 Å². The Morgan fingerprint density at radius 3 is 3.07 bits per heavy atom. The molecule has 1 aliphatic rings. The molecular formula is C8H13N3O2S. The Kier molecular flexibility index (Phi) is 2.78. The summed E-state index contributed by atoms with van der Waals surface area (Å²) in [5, 5.41) is 22.5. The van der Waals surface area contributed by atoms with Crippen LogP contribution in [0.1, 0.15) is 11.3 Å². The number of aromatic nitrogens is 2. The van der Waals surface area contributed by atoms with E-state index >= 15 is 0 Å². The van der Waals surface area contributed by atoms with Gasteiger partial charge in [0.05, 0.1) is 17.7 Å². The normalized spacial score (nSPS) is 28.4. The van der Waals surface area contributed by atoms with Gasteiger partial charge in [0.2, 0.25) is 0 Å². The van der Waals surface area contributed by atoms with Gasteiger partial charge in [-0.25, -0.2) is 0 Å². The predicted octanol–water partition coefficient (Wildman–Crippen LogP) is -0.533. The zero-order chi connectivity index (χ0) is 10.0. The Bertz CT molecular complexity index is 293. The van der Waals surface area contributed by atoms with Gasteiger partial charge in [0.25, 0.3) is 0 Å². The maximum atomic E-state index is 9.78. The van der Waals surface area contributed by atoms with E-state index in [-0.39, 0.29) is 6.61 Å². The van der Waals surface area contributed by atoms with E-state index in [1.54, 1.807) is 6.20 Å². The maximum Gasteiger partial charge on any atom is 0.102 e. The van der Waals surface area contributed by atoms with E-state index in [1.165, 1.54) is 11.5 Å². The number of hydrogen-bond donors (Lipinski definition) is 2. The molecule has 6 heteroatoms. The predicted molar refractivity (Wildman–Crippen MR) is 51.8 cm³/mol. The lowest BCUT2D eigenvalue weighted by Gasteiger charge is -2.20. The third-order valence-electron chi connectivity index (χ3n) is 2.49. The van der Waals surface area contributed by atoms with E-state index in [2.05, 4.69) is 14.5 Å². The summed E-state index contributed by atoms with van der Waals surface area (Å²) in [6, 6.07) is 0. The molecule has 0 saturated carbocycles. The van der Waals surface area contributed by atoms with E-state index < -0.39 is 5.60 Å². The molecule has 1 aliphatic heterocycles. The van der Waals surface area contributed by atoms with Crippen molar-refractivity contribution in [1.82, 2.24) is 14.5 Å². The monoisotopic (exact) mass is 215 g/mol. The first-order chi connectivity index (χ1) is 6.72. The molecule has 1 aromatic heterocycles. The van der Waals surface area contributed by atoms with Crippen LogP contribution in [0.25, 0.3) is 0 Å². The van der Waals surface area contributed by atoms with E-state index in [1.807, 2.05) is 0 Å². The summed E-state index contributed by atoms with van der Waals surface area (Å²) in [5.74, 6) is 0. The fraction of sp³-hybridized carbons (Fsp3) is 0.750. The molecule has 1 saturated heterocycles. The summed E-state index contributed by atoms with van der Waals surface area (Å²) in [6.45, 7) is 1.95. The highest BCUT2D eigenvalue weighted by molar-refractivity contribution is 7.05. The summed E-state index contributed by atoms with van der Waals surface area (Å²) in [4.78, 5) is 3.19. The van der Waals surface area contributed by atoms with E-state index in [9.17, 15) is 5.11 Å². The Morgan fingerprint density at radius 2 is 2.50 bits per heavy atom. The molecule has 0 aromatic carbocycles. The molecule has 1 atom stereocenters. The quantitative estimate of drug-likeness (QED) is 0.709. The SMILES string of the molecule is OCC1(O)CCN(Cc2cnns2)C1. The van der Waals surface area contributed by atoms with Gasteiger partial charge in [0.15, 0.2) is 0 Å². The zero-order valence-electron chi connectivity index (χ0n) is 7.76. The summed E-state index contributed by atoms with van der Waals surface area (Å²) < 4.78 is 3.77. The third kappa shape index (κ3) is 2.09. The summed E-state index contributed by atoms with van der Waals surface area (Å²) >= 11 is 1.37. The Morgan fingerprint density at radius 1 is 1.64 bits per heavy atom. The number of aliphatic hydroxyl groups excluding tert-OH is 1. The van der Waals surface area contributed by atoms with Crippen LogP contribution in [0.2, 0.25) is 0 Å². The topological polar surface area (TPSA) is 69.5 Å². The molecule has 2 N–H and O–H groups in total. The molecule has 0 bridgehead atoms. The van der Waals surface area contributed by atoms with Gasteiger partial charge in [-0.3, -0.25) is 4.90 Å².